The van der Waals surface area contributed by atoms with Crippen LogP contribution in [0.1, 0.15) is 52.7 Å². The lowest BCUT2D eigenvalue weighted by atomic mass is 9.96. The second-order valence-corrected chi connectivity index (χ2v) is 7.20. The van der Waals surface area contributed by atoms with Crippen molar-refractivity contribution < 1.29 is 9.47 Å². The molecule has 0 saturated carbocycles. The molecule has 28 heavy (non-hydrogen) atoms. The number of nitrogens with two attached hydrogens (primary N) is 1. The molecule has 2 N–H and O–H groups in total. The van der Waals surface area contributed by atoms with Crippen LogP contribution in [0.5, 0.6) is 5.75 Å². The van der Waals surface area contributed by atoms with Gasteiger partial charge in [-0.15, -0.1) is 0 Å². The Labute approximate surface area is 171 Å². The Morgan fingerprint density at radius 1 is 1.25 bits per heavy atom. The van der Waals surface area contributed by atoms with Crippen molar-refractivity contribution in [1.82, 2.24) is 0 Å². The lowest BCUT2D eigenvalue weighted by Gasteiger charge is -2.18. The van der Waals surface area contributed by atoms with E-state index in [0.717, 1.165) is 33.8 Å². The van der Waals surface area contributed by atoms with Crippen molar-refractivity contribution in [3.05, 3.63) is 58.9 Å². The van der Waals surface area contributed by atoms with E-state index in [1.54, 1.807) is 14.2 Å². The Kier molecular flexibility index (Phi) is 11.7. The van der Waals surface area contributed by atoms with E-state index in [0.29, 0.717) is 18.4 Å². The summed E-state index contributed by atoms with van der Waals surface area (Å²) in [6.45, 7) is 19.0. The Morgan fingerprint density at radius 2 is 1.86 bits per heavy atom. The Bertz CT molecular complexity index is 725. The number of methoxy groups -OCH3 is 1. The molecule has 0 aliphatic heterocycles. The molecule has 0 fully saturated rings. The standard InChI is InChI=1S/C18H26O2.C6H12N2/c1-12(2)11-20-17-9-8-14(5)10-16(17)18(13(3)4)15(6)19-7;1-4-5(2)6(7)8-3/h8-10,12H,3,11H2,1-2,4-7H3;4H,1-3H3,(H2,7,8)/b18-15+;5-4-. The van der Waals surface area contributed by atoms with Crippen molar-refractivity contribution in [2.24, 2.45) is 16.6 Å². The molecule has 4 heteroatoms. The third-order valence-corrected chi connectivity index (χ3v) is 4.14. The van der Waals surface area contributed by atoms with Crippen LogP contribution in [-0.2, 0) is 4.74 Å². The zero-order valence-electron chi connectivity index (χ0n) is 19.1. The molecule has 4 nitrogen and oxygen atoms in total. The van der Waals surface area contributed by atoms with E-state index in [-0.39, 0.29) is 0 Å². The highest BCUT2D eigenvalue weighted by atomic mass is 16.5. The zero-order valence-corrected chi connectivity index (χ0v) is 19.1. The smallest absolute Gasteiger partial charge is 0.127 e. The molecule has 0 aliphatic carbocycles. The summed E-state index contributed by atoms with van der Waals surface area (Å²) >= 11 is 0. The first-order chi connectivity index (χ1) is 13.1. The van der Waals surface area contributed by atoms with E-state index in [1.165, 1.54) is 5.56 Å². The zero-order chi connectivity index (χ0) is 21.9. The van der Waals surface area contributed by atoms with Crippen molar-refractivity contribution >= 4 is 11.4 Å². The van der Waals surface area contributed by atoms with E-state index in [2.05, 4.69) is 44.5 Å². The van der Waals surface area contributed by atoms with E-state index >= 15 is 0 Å². The average Bonchev–Trinajstić information content (AvgIpc) is 2.66. The van der Waals surface area contributed by atoms with Crippen LogP contribution in [0.4, 0.5) is 0 Å². The maximum atomic E-state index is 5.95. The van der Waals surface area contributed by atoms with Gasteiger partial charge in [-0.25, -0.2) is 0 Å². The first kappa shape index (κ1) is 25.5. The van der Waals surface area contributed by atoms with Gasteiger partial charge in [0.15, 0.2) is 0 Å². The summed E-state index contributed by atoms with van der Waals surface area (Å²) in [7, 11) is 3.37. The van der Waals surface area contributed by atoms with Crippen molar-refractivity contribution in [2.45, 2.75) is 48.5 Å². The summed E-state index contributed by atoms with van der Waals surface area (Å²) in [5, 5.41) is 0. The van der Waals surface area contributed by atoms with Crippen molar-refractivity contribution in [1.29, 1.82) is 0 Å². The number of amidine groups is 1. The number of hydrogen-bond donors (Lipinski definition) is 1. The van der Waals surface area contributed by atoms with Crippen LogP contribution >= 0.6 is 0 Å². The predicted molar refractivity (Wildman–Crippen MR) is 123 cm³/mol. The van der Waals surface area contributed by atoms with Gasteiger partial charge in [0.25, 0.3) is 0 Å². The Morgan fingerprint density at radius 3 is 2.25 bits per heavy atom. The van der Waals surface area contributed by atoms with E-state index < -0.39 is 0 Å². The average molecular weight is 387 g/mol. The number of hydrogen-bond acceptors (Lipinski definition) is 3. The number of rotatable bonds is 7. The normalized spacial score (nSPS) is 12.8. The van der Waals surface area contributed by atoms with Crippen LogP contribution in [0.3, 0.4) is 0 Å². The van der Waals surface area contributed by atoms with Gasteiger partial charge >= 0.3 is 0 Å². The summed E-state index contributed by atoms with van der Waals surface area (Å²) in [6.07, 6.45) is 1.93. The van der Waals surface area contributed by atoms with Crippen LogP contribution in [-0.4, -0.2) is 26.6 Å². The van der Waals surface area contributed by atoms with Crippen LogP contribution in [0.15, 0.2) is 52.8 Å². The number of allylic oxidation sites excluding steroid dienone is 4. The molecule has 0 bridgehead atoms. The number of nitrogens with zero attached hydrogens (tertiary/aromatic N) is 1. The van der Waals surface area contributed by atoms with Crippen LogP contribution < -0.4 is 10.5 Å². The van der Waals surface area contributed by atoms with Gasteiger partial charge in [-0.2, -0.15) is 0 Å². The molecule has 1 rings (SSSR count). The molecule has 0 aliphatic rings. The second kappa shape index (κ2) is 12.8. The van der Waals surface area contributed by atoms with E-state index in [9.17, 15) is 0 Å². The van der Waals surface area contributed by atoms with Gasteiger partial charge in [-0.3, -0.25) is 4.99 Å². The highest BCUT2D eigenvalue weighted by Crippen LogP contribution is 2.34. The molecular formula is C24H38N2O2. The summed E-state index contributed by atoms with van der Waals surface area (Å²) < 4.78 is 11.4. The number of aliphatic imine (C=N–C) groups is 1. The fourth-order valence-electron chi connectivity index (χ4n) is 2.37. The number of aryl methyl sites for hydroxylation is 1. The van der Waals surface area contributed by atoms with Crippen LogP contribution in [0.25, 0.3) is 5.57 Å². The first-order valence-electron chi connectivity index (χ1n) is 9.59. The molecule has 0 aromatic heterocycles. The van der Waals surface area contributed by atoms with E-state index in [1.807, 2.05) is 39.8 Å². The first-order valence-corrected chi connectivity index (χ1v) is 9.59. The van der Waals surface area contributed by atoms with Gasteiger partial charge in [-0.05, 0) is 63.8 Å². The minimum atomic E-state index is 0.491. The summed E-state index contributed by atoms with van der Waals surface area (Å²) in [4.78, 5) is 3.79. The van der Waals surface area contributed by atoms with E-state index in [4.69, 9.17) is 15.2 Å². The lowest BCUT2D eigenvalue weighted by molar-refractivity contribution is 0.269. The fourth-order valence-corrected chi connectivity index (χ4v) is 2.37. The molecular weight excluding hydrogens is 348 g/mol. The maximum Gasteiger partial charge on any atom is 0.127 e. The third kappa shape index (κ3) is 8.47. The van der Waals surface area contributed by atoms with Crippen LogP contribution in [0.2, 0.25) is 0 Å². The highest BCUT2D eigenvalue weighted by Gasteiger charge is 2.14. The van der Waals surface area contributed by atoms with Gasteiger partial charge in [0.1, 0.15) is 17.3 Å². The summed E-state index contributed by atoms with van der Waals surface area (Å²) in [5.41, 5.74) is 10.7. The fraction of sp³-hybridized carbons (Fsp3) is 0.458. The monoisotopic (exact) mass is 386 g/mol. The molecule has 1 aromatic rings. The molecule has 0 unspecified atom stereocenters. The van der Waals surface area contributed by atoms with Gasteiger partial charge in [0.05, 0.1) is 13.7 Å². The Balaban J connectivity index is 0.000000769. The largest absolute Gasteiger partial charge is 0.501 e. The minimum Gasteiger partial charge on any atom is -0.501 e. The van der Waals surface area contributed by atoms with Crippen molar-refractivity contribution in [3.63, 3.8) is 0 Å². The Hall–Kier alpha value is -2.49. The topological polar surface area (TPSA) is 56.8 Å². The van der Waals surface area contributed by atoms with Gasteiger partial charge in [-0.1, -0.05) is 38.1 Å². The van der Waals surface area contributed by atoms with Gasteiger partial charge < -0.3 is 15.2 Å². The molecule has 156 valence electrons. The van der Waals surface area contributed by atoms with Gasteiger partial charge in [0.2, 0.25) is 0 Å². The molecule has 0 amide bonds. The quantitative estimate of drug-likeness (QED) is 0.274. The summed E-state index contributed by atoms with van der Waals surface area (Å²) in [5.74, 6) is 2.86. The highest BCUT2D eigenvalue weighted by molar-refractivity contribution is 5.96. The maximum absolute atomic E-state index is 5.95. The number of benzene rings is 1. The van der Waals surface area contributed by atoms with Crippen molar-refractivity contribution in [3.8, 4) is 5.75 Å². The molecule has 0 atom stereocenters. The molecule has 0 heterocycles. The lowest BCUT2D eigenvalue weighted by Crippen LogP contribution is -2.11. The minimum absolute atomic E-state index is 0.491. The summed E-state index contributed by atoms with van der Waals surface area (Å²) in [6, 6.07) is 6.22. The third-order valence-electron chi connectivity index (χ3n) is 4.14. The van der Waals surface area contributed by atoms with Crippen molar-refractivity contribution in [2.75, 3.05) is 20.8 Å². The molecule has 1 aromatic carbocycles. The number of ether oxygens (including phenoxy) is 2. The molecule has 0 saturated heterocycles. The SMILES string of the molecule is C/C=C(/C)C(N)=NC.C=C(C)/C(=C(/C)OC)c1cc(C)ccc1OCC(C)C. The van der Waals surface area contributed by atoms with Gasteiger partial charge in [0, 0.05) is 18.2 Å². The second-order valence-electron chi connectivity index (χ2n) is 7.20. The molecule has 0 spiro atoms. The van der Waals surface area contributed by atoms with Crippen LogP contribution in [0, 0.1) is 12.8 Å². The molecule has 0 radical (unpaired) electrons. The predicted octanol–water partition coefficient (Wildman–Crippen LogP) is 5.92.